The molecule has 0 aliphatic carbocycles. The molecule has 0 N–H and O–H groups in total. The smallest absolute Gasteiger partial charge is 0.419 e. The van der Waals surface area contributed by atoms with Crippen molar-refractivity contribution in [3.63, 3.8) is 0 Å². The van der Waals surface area contributed by atoms with Crippen molar-refractivity contribution in [2.45, 2.75) is 36.6 Å². The van der Waals surface area contributed by atoms with Crippen LogP contribution in [0.3, 0.4) is 0 Å². The number of carbonyl (C=O) groups is 2. The van der Waals surface area contributed by atoms with Crippen molar-refractivity contribution in [2.24, 2.45) is 0 Å². The van der Waals surface area contributed by atoms with Crippen molar-refractivity contribution in [3.8, 4) is 11.5 Å². The third-order valence-corrected chi connectivity index (χ3v) is 10.3. The number of halogens is 6. The van der Waals surface area contributed by atoms with Gasteiger partial charge in [-0.2, -0.15) is 26.3 Å². The molecular weight excluding hydrogens is 791 g/mol. The number of fused-ring (bicyclic) bond motifs is 2. The van der Waals surface area contributed by atoms with Crippen molar-refractivity contribution < 1.29 is 54.9 Å². The van der Waals surface area contributed by atoms with Crippen LogP contribution < -0.4 is 9.47 Å². The maximum Gasteiger partial charge on any atom is 0.419 e. The number of rotatable bonds is 14. The molecule has 0 bridgehead atoms. The van der Waals surface area contributed by atoms with Crippen molar-refractivity contribution in [3.05, 3.63) is 156 Å². The SMILES string of the molecule is CN(C)C(CCOc1cccc2ccccc12)(OC(=O)C(=O)OC(CCOc1cccc2ccccc12)(c1ccccc1C(F)(F)F)N(C)C)c1ccccc1C(F)(F)F. The van der Waals surface area contributed by atoms with Crippen molar-refractivity contribution in [1.29, 1.82) is 0 Å². The van der Waals surface area contributed by atoms with Crippen LogP contribution in [0.1, 0.15) is 35.1 Å². The molecule has 314 valence electrons. The lowest BCUT2D eigenvalue weighted by Crippen LogP contribution is -2.51. The molecule has 0 aliphatic heterocycles. The van der Waals surface area contributed by atoms with E-state index in [4.69, 9.17) is 18.9 Å². The zero-order valence-corrected chi connectivity index (χ0v) is 33.1. The molecule has 2 unspecified atom stereocenters. The zero-order chi connectivity index (χ0) is 43.3. The Morgan fingerprint density at radius 1 is 0.450 bits per heavy atom. The van der Waals surface area contributed by atoms with E-state index in [1.165, 1.54) is 62.3 Å². The lowest BCUT2D eigenvalue weighted by Gasteiger charge is -2.42. The van der Waals surface area contributed by atoms with Gasteiger partial charge >= 0.3 is 24.3 Å². The van der Waals surface area contributed by atoms with Crippen LogP contribution in [0.15, 0.2) is 133 Å². The van der Waals surface area contributed by atoms with Crippen LogP contribution in [0.5, 0.6) is 11.5 Å². The monoisotopic (exact) mass is 832 g/mol. The number of carbonyl (C=O) groups excluding carboxylic acids is 2. The van der Waals surface area contributed by atoms with Crippen LogP contribution in [0, 0.1) is 0 Å². The minimum Gasteiger partial charge on any atom is -0.493 e. The average Bonchev–Trinajstić information content (AvgIpc) is 3.22. The molecular formula is C46H42F6N2O6. The lowest BCUT2D eigenvalue weighted by molar-refractivity contribution is -0.214. The molecule has 0 saturated heterocycles. The van der Waals surface area contributed by atoms with Crippen molar-refractivity contribution >= 4 is 33.5 Å². The molecule has 6 aromatic rings. The summed E-state index contributed by atoms with van der Waals surface area (Å²) in [6.45, 7) is -0.625. The molecule has 8 nitrogen and oxygen atoms in total. The summed E-state index contributed by atoms with van der Waals surface area (Å²) < 4.78 is 112. The third-order valence-electron chi connectivity index (χ3n) is 10.3. The predicted octanol–water partition coefficient (Wildman–Crippen LogP) is 10.2. The van der Waals surface area contributed by atoms with Gasteiger partial charge in [0.15, 0.2) is 11.4 Å². The topological polar surface area (TPSA) is 77.5 Å². The summed E-state index contributed by atoms with van der Waals surface area (Å²) >= 11 is 0. The first-order valence-electron chi connectivity index (χ1n) is 18.8. The first kappa shape index (κ1) is 43.5. The Morgan fingerprint density at radius 2 is 0.767 bits per heavy atom. The highest BCUT2D eigenvalue weighted by Crippen LogP contribution is 2.44. The van der Waals surface area contributed by atoms with E-state index >= 15 is 0 Å². The van der Waals surface area contributed by atoms with Gasteiger partial charge in [0.25, 0.3) is 0 Å². The molecule has 0 heterocycles. The Kier molecular flexibility index (Phi) is 12.8. The summed E-state index contributed by atoms with van der Waals surface area (Å²) in [6, 6.07) is 34.0. The summed E-state index contributed by atoms with van der Waals surface area (Å²) in [5.41, 5.74) is -8.00. The fourth-order valence-electron chi connectivity index (χ4n) is 7.37. The van der Waals surface area contributed by atoms with Gasteiger partial charge in [-0.15, -0.1) is 0 Å². The first-order chi connectivity index (χ1) is 28.5. The predicted molar refractivity (Wildman–Crippen MR) is 214 cm³/mol. The maximum absolute atomic E-state index is 14.7. The number of alkyl halides is 6. The second-order valence-corrected chi connectivity index (χ2v) is 14.4. The van der Waals surface area contributed by atoms with E-state index in [1.807, 2.05) is 36.4 Å². The van der Waals surface area contributed by atoms with Crippen LogP contribution in [-0.2, 0) is 42.9 Å². The minimum absolute atomic E-state index is 0.313. The van der Waals surface area contributed by atoms with Crippen LogP contribution in [-0.4, -0.2) is 63.1 Å². The minimum atomic E-state index is -4.94. The summed E-state index contributed by atoms with van der Waals surface area (Å²) in [6.07, 6.45) is -10.8. The van der Waals surface area contributed by atoms with Crippen LogP contribution in [0.25, 0.3) is 21.5 Å². The Labute approximate surface area is 342 Å². The second kappa shape index (κ2) is 17.6. The van der Waals surface area contributed by atoms with Gasteiger partial charge in [-0.25, -0.2) is 9.59 Å². The van der Waals surface area contributed by atoms with Crippen molar-refractivity contribution in [2.75, 3.05) is 41.4 Å². The molecule has 0 aromatic heterocycles. The molecule has 0 radical (unpaired) electrons. The van der Waals surface area contributed by atoms with Gasteiger partial charge in [-0.05, 0) is 63.2 Å². The Morgan fingerprint density at radius 3 is 1.12 bits per heavy atom. The van der Waals surface area contributed by atoms with Gasteiger partial charge in [0.1, 0.15) is 11.5 Å². The summed E-state index contributed by atoms with van der Waals surface area (Å²) in [7, 11) is 5.44. The number of hydrogen-bond donors (Lipinski definition) is 0. The molecule has 60 heavy (non-hydrogen) atoms. The highest BCUT2D eigenvalue weighted by atomic mass is 19.4. The molecule has 6 rings (SSSR count). The number of hydrogen-bond acceptors (Lipinski definition) is 8. The van der Waals surface area contributed by atoms with E-state index in [0.717, 1.165) is 45.8 Å². The largest absolute Gasteiger partial charge is 0.493 e. The lowest BCUT2D eigenvalue weighted by atomic mass is 9.92. The Hall–Kier alpha value is -6.12. The molecule has 0 fully saturated rings. The Balaban J connectivity index is 1.37. The standard InChI is InChI=1S/C46H42F6N2O6/c1-53(2)43(35-21-9-11-23-37(35)45(47,48)49,27-29-57-39-25-13-17-31-15-5-7-19-33(31)39)59-41(55)42(56)60-44(54(3)4,36-22-10-12-24-38(36)46(50,51)52)28-30-58-40-26-14-18-32-16-6-8-20-34(32)40/h5-26H,27-30H2,1-4H3. The number of benzene rings is 6. The molecule has 0 aliphatic rings. The zero-order valence-electron chi connectivity index (χ0n) is 33.1. The van der Waals surface area contributed by atoms with E-state index in [0.29, 0.717) is 11.5 Å². The highest BCUT2D eigenvalue weighted by Gasteiger charge is 2.50. The molecule has 0 amide bonds. The van der Waals surface area contributed by atoms with Crippen LogP contribution in [0.2, 0.25) is 0 Å². The highest BCUT2D eigenvalue weighted by molar-refractivity contribution is 6.30. The summed E-state index contributed by atoms with van der Waals surface area (Å²) in [5.74, 6) is -2.73. The van der Waals surface area contributed by atoms with E-state index in [-0.39, 0.29) is 13.2 Å². The summed E-state index contributed by atoms with van der Waals surface area (Å²) in [4.78, 5) is 30.7. The Bertz CT molecular complexity index is 2290. The average molecular weight is 833 g/mol. The number of esters is 2. The van der Waals surface area contributed by atoms with Gasteiger partial charge in [0.2, 0.25) is 0 Å². The molecule has 14 heteroatoms. The molecule has 2 atom stereocenters. The molecule has 6 aromatic carbocycles. The van der Waals surface area contributed by atoms with Gasteiger partial charge in [0, 0.05) is 34.7 Å². The van der Waals surface area contributed by atoms with Gasteiger partial charge < -0.3 is 18.9 Å². The van der Waals surface area contributed by atoms with Gasteiger partial charge in [-0.1, -0.05) is 109 Å². The second-order valence-electron chi connectivity index (χ2n) is 14.4. The molecule has 0 saturated carbocycles. The van der Waals surface area contributed by atoms with Crippen LogP contribution in [0.4, 0.5) is 26.3 Å². The van der Waals surface area contributed by atoms with Crippen molar-refractivity contribution in [1.82, 2.24) is 9.80 Å². The van der Waals surface area contributed by atoms with E-state index < -0.39 is 70.8 Å². The fourth-order valence-corrected chi connectivity index (χ4v) is 7.37. The van der Waals surface area contributed by atoms with Gasteiger partial charge in [0.05, 0.1) is 24.3 Å². The normalized spacial score (nSPS) is 14.1. The quantitative estimate of drug-likeness (QED) is 0.0465. The fraction of sp³-hybridized carbons (Fsp3) is 0.261. The first-order valence-corrected chi connectivity index (χ1v) is 18.8. The van der Waals surface area contributed by atoms with E-state index in [1.54, 1.807) is 48.5 Å². The summed E-state index contributed by atoms with van der Waals surface area (Å²) in [5, 5.41) is 3.11. The number of nitrogens with zero attached hydrogens (tertiary/aromatic N) is 2. The maximum atomic E-state index is 14.7. The van der Waals surface area contributed by atoms with E-state index in [9.17, 15) is 35.9 Å². The third kappa shape index (κ3) is 9.04. The molecule has 0 spiro atoms. The van der Waals surface area contributed by atoms with Crippen LogP contribution >= 0.6 is 0 Å². The number of ether oxygens (including phenoxy) is 4. The van der Waals surface area contributed by atoms with Gasteiger partial charge in [-0.3, -0.25) is 9.80 Å². The van der Waals surface area contributed by atoms with E-state index in [2.05, 4.69) is 0 Å².